The van der Waals surface area contributed by atoms with Crippen molar-refractivity contribution >= 4 is 38.7 Å². The summed E-state index contributed by atoms with van der Waals surface area (Å²) in [5.74, 6) is 2.01. The number of anilines is 1. The van der Waals surface area contributed by atoms with Gasteiger partial charge >= 0.3 is 0 Å². The second kappa shape index (κ2) is 8.31. The molecule has 1 fully saturated rings. The first-order valence-electron chi connectivity index (χ1n) is 10.8. The molecule has 1 aromatic carbocycles. The molecule has 0 aliphatic carbocycles. The molecular formula is C24H24N4OS2. The van der Waals surface area contributed by atoms with Gasteiger partial charge < -0.3 is 9.64 Å². The van der Waals surface area contributed by atoms with E-state index in [1.807, 2.05) is 11.3 Å². The topological polar surface area (TPSA) is 41.5 Å². The molecule has 0 atom stereocenters. The summed E-state index contributed by atoms with van der Waals surface area (Å²) < 4.78 is 5.52. The summed E-state index contributed by atoms with van der Waals surface area (Å²) in [4.78, 5) is 17.6. The third-order valence-corrected chi connectivity index (χ3v) is 8.02. The highest BCUT2D eigenvalue weighted by Gasteiger charge is 2.24. The van der Waals surface area contributed by atoms with Crippen LogP contribution in [0.4, 0.5) is 5.82 Å². The quantitative estimate of drug-likeness (QED) is 0.448. The molecule has 2 aliphatic heterocycles. The van der Waals surface area contributed by atoms with Crippen molar-refractivity contribution in [2.45, 2.75) is 19.5 Å². The fourth-order valence-corrected chi connectivity index (χ4v) is 6.33. The van der Waals surface area contributed by atoms with E-state index in [9.17, 15) is 0 Å². The van der Waals surface area contributed by atoms with E-state index >= 15 is 0 Å². The standard InChI is InChI=1S/C24H24N4OS2/c1-2-4-17(5-3-1)19-16-31-24-22(19)23(28-8-6-20-18(14-28)7-13-30-20)25-21(26-24)15-27-9-11-29-12-10-27/h1-5,7,13,16H,6,8-12,14-15H2. The Morgan fingerprint density at radius 2 is 1.84 bits per heavy atom. The van der Waals surface area contributed by atoms with Gasteiger partial charge in [0.2, 0.25) is 0 Å². The summed E-state index contributed by atoms with van der Waals surface area (Å²) >= 11 is 3.61. The number of rotatable bonds is 4. The number of aromatic nitrogens is 2. The highest BCUT2D eigenvalue weighted by atomic mass is 32.1. The lowest BCUT2D eigenvalue weighted by Gasteiger charge is -2.30. The summed E-state index contributed by atoms with van der Waals surface area (Å²) in [5, 5.41) is 5.66. The molecule has 5 heterocycles. The van der Waals surface area contributed by atoms with E-state index in [2.05, 4.69) is 57.0 Å². The summed E-state index contributed by atoms with van der Waals surface area (Å²) in [6, 6.07) is 12.9. The molecule has 0 radical (unpaired) electrons. The van der Waals surface area contributed by atoms with Crippen molar-refractivity contribution in [3.05, 3.63) is 63.4 Å². The number of benzene rings is 1. The van der Waals surface area contributed by atoms with Crippen molar-refractivity contribution in [2.75, 3.05) is 37.7 Å². The van der Waals surface area contributed by atoms with Gasteiger partial charge in [-0.05, 0) is 29.0 Å². The van der Waals surface area contributed by atoms with Crippen molar-refractivity contribution in [1.29, 1.82) is 0 Å². The van der Waals surface area contributed by atoms with Crippen molar-refractivity contribution in [3.8, 4) is 11.1 Å². The van der Waals surface area contributed by atoms with Gasteiger partial charge in [-0.15, -0.1) is 22.7 Å². The average Bonchev–Trinajstić information content (AvgIpc) is 3.46. The van der Waals surface area contributed by atoms with Crippen LogP contribution in [0.15, 0.2) is 47.2 Å². The Kier molecular flexibility index (Phi) is 5.20. The number of morpholine rings is 1. The van der Waals surface area contributed by atoms with E-state index in [4.69, 9.17) is 14.7 Å². The van der Waals surface area contributed by atoms with E-state index < -0.39 is 0 Å². The van der Waals surface area contributed by atoms with Gasteiger partial charge in [0.05, 0.1) is 25.1 Å². The second-order valence-corrected chi connectivity index (χ2v) is 9.95. The Morgan fingerprint density at radius 3 is 2.71 bits per heavy atom. The average molecular weight is 449 g/mol. The Morgan fingerprint density at radius 1 is 0.968 bits per heavy atom. The molecule has 158 valence electrons. The smallest absolute Gasteiger partial charge is 0.146 e. The van der Waals surface area contributed by atoms with Crippen LogP contribution in [0, 0.1) is 0 Å². The number of hydrogen-bond acceptors (Lipinski definition) is 7. The van der Waals surface area contributed by atoms with E-state index in [0.29, 0.717) is 0 Å². The maximum atomic E-state index is 5.52. The maximum Gasteiger partial charge on any atom is 0.146 e. The Balaban J connectivity index is 1.45. The van der Waals surface area contributed by atoms with Crippen molar-refractivity contribution in [1.82, 2.24) is 14.9 Å². The molecule has 0 unspecified atom stereocenters. The zero-order valence-corrected chi connectivity index (χ0v) is 18.9. The van der Waals surface area contributed by atoms with Gasteiger partial charge in [-0.2, -0.15) is 0 Å². The summed E-state index contributed by atoms with van der Waals surface area (Å²) in [6.07, 6.45) is 1.09. The molecule has 0 bridgehead atoms. The largest absolute Gasteiger partial charge is 0.379 e. The van der Waals surface area contributed by atoms with E-state index in [1.54, 1.807) is 11.3 Å². The Hall–Kier alpha value is -2.32. The Labute approximate surface area is 189 Å². The van der Waals surface area contributed by atoms with E-state index in [1.165, 1.54) is 27.0 Å². The minimum Gasteiger partial charge on any atom is -0.379 e. The molecule has 0 N–H and O–H groups in total. The van der Waals surface area contributed by atoms with Crippen LogP contribution >= 0.6 is 22.7 Å². The molecule has 7 heteroatoms. The van der Waals surface area contributed by atoms with Crippen molar-refractivity contribution < 1.29 is 4.74 Å². The molecule has 6 rings (SSSR count). The van der Waals surface area contributed by atoms with Crippen LogP contribution < -0.4 is 4.90 Å². The molecule has 0 spiro atoms. The molecule has 31 heavy (non-hydrogen) atoms. The zero-order chi connectivity index (χ0) is 20.6. The number of thiophene rings is 2. The third kappa shape index (κ3) is 3.76. The third-order valence-electron chi connectivity index (χ3n) is 6.12. The molecule has 0 saturated carbocycles. The van der Waals surface area contributed by atoms with E-state index in [0.717, 1.165) is 68.8 Å². The summed E-state index contributed by atoms with van der Waals surface area (Å²) in [5.41, 5.74) is 3.91. The Bertz CT molecular complexity index is 1200. The number of ether oxygens (including phenoxy) is 1. The van der Waals surface area contributed by atoms with Crippen LogP contribution in [0.5, 0.6) is 0 Å². The summed E-state index contributed by atoms with van der Waals surface area (Å²) in [6.45, 7) is 6.17. The van der Waals surface area contributed by atoms with Crippen LogP contribution in [0.2, 0.25) is 0 Å². The zero-order valence-electron chi connectivity index (χ0n) is 17.3. The number of hydrogen-bond donors (Lipinski definition) is 0. The maximum absolute atomic E-state index is 5.52. The van der Waals surface area contributed by atoms with Gasteiger partial charge in [-0.25, -0.2) is 9.97 Å². The number of fused-ring (bicyclic) bond motifs is 2. The van der Waals surface area contributed by atoms with Gasteiger partial charge in [-0.1, -0.05) is 30.3 Å². The predicted octanol–water partition coefficient (Wildman–Crippen LogP) is 4.81. The molecule has 5 nitrogen and oxygen atoms in total. The predicted molar refractivity (Wildman–Crippen MR) is 128 cm³/mol. The monoisotopic (exact) mass is 448 g/mol. The van der Waals surface area contributed by atoms with Crippen LogP contribution in [0.25, 0.3) is 21.3 Å². The first kappa shape index (κ1) is 19.4. The molecule has 4 aromatic rings. The first-order valence-corrected chi connectivity index (χ1v) is 12.5. The van der Waals surface area contributed by atoms with Crippen LogP contribution in [-0.2, 0) is 24.2 Å². The molecule has 1 saturated heterocycles. The fraction of sp³-hybridized carbons (Fsp3) is 0.333. The fourth-order valence-electron chi connectivity index (χ4n) is 4.48. The molecule has 2 aliphatic rings. The van der Waals surface area contributed by atoms with Gasteiger partial charge in [0.15, 0.2) is 0 Å². The lowest BCUT2D eigenvalue weighted by atomic mass is 10.0. The summed E-state index contributed by atoms with van der Waals surface area (Å²) in [7, 11) is 0. The van der Waals surface area contributed by atoms with Gasteiger partial charge in [0, 0.05) is 42.0 Å². The van der Waals surface area contributed by atoms with Gasteiger partial charge in [0.25, 0.3) is 0 Å². The van der Waals surface area contributed by atoms with Crippen molar-refractivity contribution in [3.63, 3.8) is 0 Å². The minimum absolute atomic E-state index is 0.780. The van der Waals surface area contributed by atoms with Crippen LogP contribution in [0.1, 0.15) is 16.3 Å². The van der Waals surface area contributed by atoms with Crippen molar-refractivity contribution in [2.24, 2.45) is 0 Å². The highest BCUT2D eigenvalue weighted by Crippen LogP contribution is 2.40. The lowest BCUT2D eigenvalue weighted by Crippen LogP contribution is -2.36. The molecule has 0 amide bonds. The first-order chi connectivity index (χ1) is 15.3. The highest BCUT2D eigenvalue weighted by molar-refractivity contribution is 7.17. The normalized spacial score (nSPS) is 17.2. The van der Waals surface area contributed by atoms with Gasteiger partial charge in [0.1, 0.15) is 16.5 Å². The van der Waals surface area contributed by atoms with Crippen LogP contribution in [-0.4, -0.2) is 47.7 Å². The second-order valence-electron chi connectivity index (χ2n) is 8.09. The lowest BCUT2D eigenvalue weighted by molar-refractivity contribution is 0.0331. The number of nitrogens with zero attached hydrogens (tertiary/aromatic N) is 4. The molecular weight excluding hydrogens is 424 g/mol. The van der Waals surface area contributed by atoms with E-state index in [-0.39, 0.29) is 0 Å². The van der Waals surface area contributed by atoms with Crippen LogP contribution in [0.3, 0.4) is 0 Å². The minimum atomic E-state index is 0.780. The molecule has 3 aromatic heterocycles. The SMILES string of the molecule is c1ccc(-c2csc3nc(CN4CCOCC4)nc(N4CCc5sccc5C4)c23)cc1. The van der Waals surface area contributed by atoms with Gasteiger partial charge in [-0.3, -0.25) is 4.90 Å².